The van der Waals surface area contributed by atoms with Crippen LogP contribution in [0.4, 0.5) is 87.8 Å². The zero-order chi connectivity index (χ0) is 51.4. The molecule has 0 atom stereocenters. The van der Waals surface area contributed by atoms with Crippen molar-refractivity contribution in [1.29, 1.82) is 0 Å². The third-order valence-corrected chi connectivity index (χ3v) is 11.1. The molecule has 1 aromatic heterocycles. The van der Waals surface area contributed by atoms with Gasteiger partial charge in [-0.15, -0.1) is 21.9 Å². The monoisotopic (exact) mass is 1000 g/mol. The summed E-state index contributed by atoms with van der Waals surface area (Å²) in [6.07, 6.45) is -7.22. The summed E-state index contributed by atoms with van der Waals surface area (Å²) < 4.78 is 296. The molecule has 8 aromatic rings. The van der Waals surface area contributed by atoms with E-state index in [4.69, 9.17) is 0 Å². The first-order chi connectivity index (χ1) is 33.0. The number of para-hydroxylation sites is 1. The molecule has 0 amide bonds. The van der Waals surface area contributed by atoms with Crippen molar-refractivity contribution in [3.05, 3.63) is 219 Å². The van der Waals surface area contributed by atoms with Gasteiger partial charge in [0.25, 0.3) is 0 Å². The van der Waals surface area contributed by atoms with Crippen LogP contribution in [0.1, 0.15) is 10.4 Å². The fourth-order valence-electron chi connectivity index (χ4n) is 8.03. The van der Waals surface area contributed by atoms with Crippen LogP contribution in [0.3, 0.4) is 0 Å². The molecule has 2 nitrogen and oxygen atoms in total. The van der Waals surface area contributed by atoms with Gasteiger partial charge in [0.15, 0.2) is 69.8 Å². The number of pyridine rings is 1. The zero-order valence-electron chi connectivity index (χ0n) is 33.9. The minimum atomic E-state index is -7.22. The van der Waals surface area contributed by atoms with Crippen LogP contribution < -0.4 is 26.4 Å². The molecule has 0 unspecified atom stereocenters. The summed E-state index contributed by atoms with van der Waals surface area (Å²) in [5.74, 6) is -71.3. The van der Waals surface area contributed by atoms with Gasteiger partial charge in [0, 0.05) is 28.6 Å². The Hall–Kier alpha value is -7.72. The summed E-state index contributed by atoms with van der Waals surface area (Å²) in [4.78, 5) is 12.8. The maximum Gasteiger partial charge on any atom is 0.227 e. The second kappa shape index (κ2) is 19.0. The summed E-state index contributed by atoms with van der Waals surface area (Å²) >= 11 is 0. The maximum absolute atomic E-state index is 15.4. The molecule has 0 bridgehead atoms. The number of Topliss-reactive ketones (excluding diaryl/α,β-unsaturated/α-hetero) is 1. The molecule has 23 heteroatoms. The van der Waals surface area contributed by atoms with E-state index in [2.05, 4.69) is 41.0 Å². The lowest BCUT2D eigenvalue weighted by Crippen LogP contribution is -2.81. The summed E-state index contributed by atoms with van der Waals surface area (Å²) in [5, 5.41) is 1.13. The Morgan fingerprint density at radius 3 is 0.957 bits per heavy atom. The quantitative estimate of drug-likeness (QED) is 0.0371. The van der Waals surface area contributed by atoms with E-state index in [1.807, 2.05) is 60.7 Å². The summed E-state index contributed by atoms with van der Waals surface area (Å²) in [6.45, 7) is 0.315. The Labute approximate surface area is 378 Å². The van der Waals surface area contributed by atoms with Crippen LogP contribution in [0.25, 0.3) is 22.2 Å². The number of hydrogen-bond donors (Lipinski definition) is 0. The van der Waals surface area contributed by atoms with Gasteiger partial charge < -0.3 is 0 Å². The smallest absolute Gasteiger partial charge is 0.227 e. The molecule has 7 aromatic carbocycles. The molecule has 0 saturated carbocycles. The lowest BCUT2D eigenvalue weighted by Gasteiger charge is -2.44. The number of hydrogen-bond acceptors (Lipinski definition) is 1. The minimum absolute atomic E-state index is 0.110. The lowest BCUT2D eigenvalue weighted by molar-refractivity contribution is -0.646. The van der Waals surface area contributed by atoms with Crippen LogP contribution in [0.2, 0.25) is 0 Å². The van der Waals surface area contributed by atoms with E-state index >= 15 is 35.1 Å². The topological polar surface area (TPSA) is 20.9 Å². The highest BCUT2D eigenvalue weighted by Gasteiger charge is 2.52. The van der Waals surface area contributed by atoms with Crippen molar-refractivity contribution in [3.63, 3.8) is 0 Å². The second-order valence-corrected chi connectivity index (χ2v) is 14.8. The normalized spacial score (nSPS) is 11.5. The van der Waals surface area contributed by atoms with E-state index in [9.17, 15) is 57.5 Å². The maximum atomic E-state index is 15.4. The van der Waals surface area contributed by atoms with Crippen LogP contribution >= 0.6 is 0 Å². The SMILES string of the molecule is Fc1c(F)c(F)c([B-](c2c(F)c(F)c(F)c(F)c2F)(c2c(F)c(F)c(F)c(F)c2F)c2c(F)c(F)c(F)c(F)c2F)c(F)c1F.O=C(C[n+]1c(-c2ccccc2)ccc2ccccc21)c1ccccc1. The predicted octanol–water partition coefficient (Wildman–Crippen LogP) is 10.5. The van der Waals surface area contributed by atoms with E-state index < -0.39 is 144 Å². The van der Waals surface area contributed by atoms with Crippen molar-refractivity contribution < 1.29 is 97.2 Å². The largest absolute Gasteiger partial charge is 0.287 e. The first kappa shape index (κ1) is 50.2. The number of carbonyl (C=O) groups is 1. The lowest BCUT2D eigenvalue weighted by atomic mass is 9.12. The van der Waals surface area contributed by atoms with E-state index in [0.717, 1.165) is 27.7 Å². The van der Waals surface area contributed by atoms with Crippen molar-refractivity contribution in [2.45, 2.75) is 6.54 Å². The highest BCUT2D eigenvalue weighted by Crippen LogP contribution is 2.31. The van der Waals surface area contributed by atoms with Crippen molar-refractivity contribution in [1.82, 2.24) is 0 Å². The van der Waals surface area contributed by atoms with Crippen molar-refractivity contribution in [2.24, 2.45) is 0 Å². The van der Waals surface area contributed by atoms with Gasteiger partial charge in [-0.3, -0.25) is 4.79 Å². The zero-order valence-corrected chi connectivity index (χ0v) is 33.9. The van der Waals surface area contributed by atoms with Gasteiger partial charge in [-0.25, -0.2) is 87.8 Å². The van der Waals surface area contributed by atoms with Crippen molar-refractivity contribution >= 4 is 44.7 Å². The second-order valence-electron chi connectivity index (χ2n) is 14.8. The van der Waals surface area contributed by atoms with Gasteiger partial charge in [0.1, 0.15) is 52.7 Å². The van der Waals surface area contributed by atoms with Crippen molar-refractivity contribution in [3.8, 4) is 11.3 Å². The highest BCUT2D eigenvalue weighted by molar-refractivity contribution is 7.20. The molecule has 0 spiro atoms. The van der Waals surface area contributed by atoms with Crippen LogP contribution in [0.5, 0.6) is 0 Å². The Balaban J connectivity index is 0.000000242. The number of ketones is 1. The van der Waals surface area contributed by atoms with Crippen LogP contribution in [0.15, 0.2) is 97.1 Å². The first-order valence-electron chi connectivity index (χ1n) is 19.3. The van der Waals surface area contributed by atoms with Gasteiger partial charge in [-0.05, 0) is 24.3 Å². The molecule has 360 valence electrons. The van der Waals surface area contributed by atoms with Gasteiger partial charge in [0.2, 0.25) is 23.5 Å². The van der Waals surface area contributed by atoms with Gasteiger partial charge in [-0.2, -0.15) is 4.57 Å². The number of carbonyl (C=O) groups excluding carboxylic acids is 1. The molecule has 0 aliphatic heterocycles. The molecular formula is C47H18BF20NO. The molecule has 0 fully saturated rings. The number of aromatic nitrogens is 1. The molecule has 8 rings (SSSR count). The summed E-state index contributed by atoms with van der Waals surface area (Å²) in [7, 11) is 0. The molecular weight excluding hydrogens is 985 g/mol. The predicted molar refractivity (Wildman–Crippen MR) is 210 cm³/mol. The molecule has 0 aliphatic carbocycles. The standard InChI is InChI=1S/C24BF20.C23H18NO/c26-5-1(6(27)14(35)21(42)13(5)34)25(2-7(28)15(36)22(43)16(37)8(2)29,3-9(30)17(38)23(44)18(39)10(3)31)4-11(32)19(40)24(45)20(41)12(4)33;25-23(20-12-5-2-6-13-20)17-24-21-14-8-7-11-19(21)15-16-22(24)18-9-3-1-4-10-18/h;1-16H,17H2/q-1;+1. The first-order valence-corrected chi connectivity index (χ1v) is 19.3. The molecule has 70 heavy (non-hydrogen) atoms. The summed E-state index contributed by atoms with van der Waals surface area (Å²) in [6, 6.07) is 32.1. The molecule has 0 saturated heterocycles. The van der Waals surface area contributed by atoms with Crippen molar-refractivity contribution in [2.75, 3.05) is 0 Å². The fourth-order valence-corrected chi connectivity index (χ4v) is 8.03. The van der Waals surface area contributed by atoms with E-state index in [1.54, 1.807) is 0 Å². The Morgan fingerprint density at radius 1 is 0.329 bits per heavy atom. The van der Waals surface area contributed by atoms with Gasteiger partial charge >= 0.3 is 0 Å². The number of benzene rings is 7. The molecule has 0 aliphatic rings. The number of nitrogens with zero attached hydrogens (tertiary/aromatic N) is 1. The fraction of sp³-hybridized carbons (Fsp3) is 0.0213. The van der Waals surface area contributed by atoms with E-state index in [-0.39, 0.29) is 5.78 Å². The van der Waals surface area contributed by atoms with Crippen LogP contribution in [-0.4, -0.2) is 11.9 Å². The van der Waals surface area contributed by atoms with Crippen LogP contribution in [-0.2, 0) is 6.54 Å². The average Bonchev–Trinajstić information content (AvgIpc) is 3.37. The average molecular weight is 1000 g/mol. The minimum Gasteiger partial charge on any atom is -0.287 e. The third kappa shape index (κ3) is 7.85. The Bertz CT molecular complexity index is 3050. The van der Waals surface area contributed by atoms with E-state index in [0.29, 0.717) is 6.54 Å². The molecule has 0 radical (unpaired) electrons. The number of halogens is 20. The molecule has 0 N–H and O–H groups in total. The van der Waals surface area contributed by atoms with Gasteiger partial charge in [-0.1, -0.05) is 60.7 Å². The summed E-state index contributed by atoms with van der Waals surface area (Å²) in [5.41, 5.74) is -10.4. The van der Waals surface area contributed by atoms with Crippen LogP contribution in [0, 0.1) is 116 Å². The Morgan fingerprint density at radius 2 is 0.614 bits per heavy atom. The highest BCUT2D eigenvalue weighted by atomic mass is 19.2. The number of rotatable bonds is 8. The molecule has 1 heterocycles. The Kier molecular flexibility index (Phi) is 13.6. The van der Waals surface area contributed by atoms with E-state index in [1.165, 1.54) is 0 Å². The number of fused-ring (bicyclic) bond motifs is 1. The third-order valence-electron chi connectivity index (χ3n) is 11.1. The van der Waals surface area contributed by atoms with Gasteiger partial charge in [0.05, 0.1) is 0 Å².